The van der Waals surface area contributed by atoms with Crippen LogP contribution in [0.25, 0.3) is 0 Å². The Morgan fingerprint density at radius 3 is 2.27 bits per heavy atom. The summed E-state index contributed by atoms with van der Waals surface area (Å²) in [7, 11) is 1.37. The van der Waals surface area contributed by atoms with E-state index in [0.29, 0.717) is 23.6 Å². The lowest BCUT2D eigenvalue weighted by Gasteiger charge is -2.36. The van der Waals surface area contributed by atoms with Crippen molar-refractivity contribution in [1.82, 2.24) is 9.80 Å². The van der Waals surface area contributed by atoms with Gasteiger partial charge < -0.3 is 14.4 Å². The molecule has 1 fully saturated rings. The van der Waals surface area contributed by atoms with Gasteiger partial charge in [-0.05, 0) is 41.8 Å². The molecule has 2 aromatic carbocycles. The van der Waals surface area contributed by atoms with Crippen molar-refractivity contribution in [3.8, 4) is 0 Å². The first-order valence-corrected chi connectivity index (χ1v) is 11.9. The highest BCUT2D eigenvalue weighted by Crippen LogP contribution is 2.23. The van der Waals surface area contributed by atoms with Gasteiger partial charge in [-0.2, -0.15) is 0 Å². The van der Waals surface area contributed by atoms with Gasteiger partial charge in [0.05, 0.1) is 25.4 Å². The number of hydrogen-bond acceptors (Lipinski definition) is 5. The van der Waals surface area contributed by atoms with E-state index in [2.05, 4.69) is 11.8 Å². The zero-order valence-electron chi connectivity index (χ0n) is 19.5. The third-order valence-electron chi connectivity index (χ3n) is 5.96. The molecule has 0 aromatic heterocycles. The highest BCUT2D eigenvalue weighted by atomic mass is 35.5. The predicted molar refractivity (Wildman–Crippen MR) is 129 cm³/mol. The Balaban J connectivity index is 1.60. The number of ether oxygens (including phenoxy) is 2. The highest BCUT2D eigenvalue weighted by Gasteiger charge is 2.24. The molecule has 7 heteroatoms. The zero-order chi connectivity index (χ0) is 23.6. The van der Waals surface area contributed by atoms with Gasteiger partial charge in [0.2, 0.25) is 5.91 Å². The van der Waals surface area contributed by atoms with Gasteiger partial charge >= 0.3 is 5.97 Å². The third-order valence-corrected chi connectivity index (χ3v) is 6.21. The molecule has 3 rings (SSSR count). The number of esters is 1. The molecule has 0 unspecified atom stereocenters. The van der Waals surface area contributed by atoms with E-state index < -0.39 is 0 Å². The second-order valence-electron chi connectivity index (χ2n) is 8.32. The topological polar surface area (TPSA) is 59.1 Å². The van der Waals surface area contributed by atoms with Crippen molar-refractivity contribution < 1.29 is 19.1 Å². The minimum Gasteiger partial charge on any atom is -0.465 e. The number of methoxy groups -OCH3 is 1. The molecule has 6 nitrogen and oxygen atoms in total. The Labute approximate surface area is 201 Å². The molecule has 1 aliphatic rings. The average molecular weight is 473 g/mol. The molecule has 1 atom stereocenters. The van der Waals surface area contributed by atoms with Crippen LogP contribution in [0.15, 0.2) is 48.5 Å². The van der Waals surface area contributed by atoms with E-state index >= 15 is 0 Å². The standard InChI is InChI=1S/C26H33ClN2O4/c1-3-4-5-25(30)29-16-14-28(15-17-29)18-24(21-10-12-23(27)13-11-21)33-19-20-6-8-22(9-7-20)26(31)32-2/h6-13,24H,3-5,14-19H2,1-2H3/t24-/m1/s1. The Morgan fingerprint density at radius 2 is 1.67 bits per heavy atom. The molecule has 1 amide bonds. The van der Waals surface area contributed by atoms with Gasteiger partial charge in [0.15, 0.2) is 0 Å². The molecule has 0 aliphatic carbocycles. The molecular weight excluding hydrogens is 440 g/mol. The van der Waals surface area contributed by atoms with E-state index in [-0.39, 0.29) is 18.0 Å². The monoisotopic (exact) mass is 472 g/mol. The number of carbonyl (C=O) groups excluding carboxylic acids is 2. The average Bonchev–Trinajstić information content (AvgIpc) is 2.85. The first-order valence-electron chi connectivity index (χ1n) is 11.5. The van der Waals surface area contributed by atoms with Crippen molar-refractivity contribution in [3.63, 3.8) is 0 Å². The molecule has 0 saturated carbocycles. The van der Waals surface area contributed by atoms with Gasteiger partial charge in [-0.25, -0.2) is 4.79 Å². The molecular formula is C26H33ClN2O4. The Bertz CT molecular complexity index is 894. The Kier molecular flexibility index (Phi) is 9.73. The molecule has 1 aliphatic heterocycles. The molecule has 0 bridgehead atoms. The van der Waals surface area contributed by atoms with Crippen molar-refractivity contribution in [3.05, 3.63) is 70.2 Å². The fraction of sp³-hybridized carbons (Fsp3) is 0.462. The van der Waals surface area contributed by atoms with E-state index in [4.69, 9.17) is 21.1 Å². The normalized spacial score (nSPS) is 15.3. The number of amides is 1. The van der Waals surface area contributed by atoms with E-state index in [0.717, 1.165) is 56.7 Å². The smallest absolute Gasteiger partial charge is 0.337 e. The van der Waals surface area contributed by atoms with Gasteiger partial charge in [0, 0.05) is 44.2 Å². The highest BCUT2D eigenvalue weighted by molar-refractivity contribution is 6.30. The second kappa shape index (κ2) is 12.7. The summed E-state index contributed by atoms with van der Waals surface area (Å²) in [6.07, 6.45) is 2.50. The number of piperazine rings is 1. The summed E-state index contributed by atoms with van der Waals surface area (Å²) in [6.45, 7) is 6.44. The van der Waals surface area contributed by atoms with Crippen LogP contribution in [0.1, 0.15) is 53.8 Å². The minimum atomic E-state index is -0.353. The summed E-state index contributed by atoms with van der Waals surface area (Å²) in [5.74, 6) is -0.0915. The van der Waals surface area contributed by atoms with Gasteiger partial charge in [-0.1, -0.05) is 49.2 Å². The number of benzene rings is 2. The molecule has 178 valence electrons. The van der Waals surface area contributed by atoms with Crippen molar-refractivity contribution in [2.75, 3.05) is 39.8 Å². The first kappa shape index (κ1) is 25.2. The maximum Gasteiger partial charge on any atom is 0.337 e. The van der Waals surface area contributed by atoms with Crippen LogP contribution in [-0.4, -0.2) is 61.5 Å². The van der Waals surface area contributed by atoms with Crippen LogP contribution in [0.2, 0.25) is 5.02 Å². The fourth-order valence-electron chi connectivity index (χ4n) is 3.88. The summed E-state index contributed by atoms with van der Waals surface area (Å²) in [5.41, 5.74) is 2.56. The lowest BCUT2D eigenvalue weighted by atomic mass is 10.1. The maximum atomic E-state index is 12.3. The Hall–Kier alpha value is -2.41. The lowest BCUT2D eigenvalue weighted by Crippen LogP contribution is -2.49. The summed E-state index contributed by atoms with van der Waals surface area (Å²) >= 11 is 6.09. The molecule has 0 spiro atoms. The summed E-state index contributed by atoms with van der Waals surface area (Å²) in [6, 6.07) is 15.0. The van der Waals surface area contributed by atoms with E-state index in [1.54, 1.807) is 12.1 Å². The summed E-state index contributed by atoms with van der Waals surface area (Å²) in [4.78, 5) is 28.3. The van der Waals surface area contributed by atoms with Crippen molar-refractivity contribution in [1.29, 1.82) is 0 Å². The number of unbranched alkanes of at least 4 members (excludes halogenated alkanes) is 1. The molecule has 1 saturated heterocycles. The van der Waals surface area contributed by atoms with Crippen molar-refractivity contribution >= 4 is 23.5 Å². The molecule has 2 aromatic rings. The fourth-order valence-corrected chi connectivity index (χ4v) is 4.01. The van der Waals surface area contributed by atoms with Crippen LogP contribution in [0.4, 0.5) is 0 Å². The Morgan fingerprint density at radius 1 is 1.00 bits per heavy atom. The van der Waals surface area contributed by atoms with Crippen LogP contribution in [0.3, 0.4) is 0 Å². The number of nitrogens with zero attached hydrogens (tertiary/aromatic N) is 2. The number of hydrogen-bond donors (Lipinski definition) is 0. The van der Waals surface area contributed by atoms with Gasteiger partial charge in [0.25, 0.3) is 0 Å². The van der Waals surface area contributed by atoms with E-state index in [1.807, 2.05) is 41.3 Å². The predicted octanol–water partition coefficient (Wildman–Crippen LogP) is 4.72. The van der Waals surface area contributed by atoms with Crippen LogP contribution in [-0.2, 0) is 20.9 Å². The summed E-state index contributed by atoms with van der Waals surface area (Å²) in [5, 5.41) is 0.690. The largest absolute Gasteiger partial charge is 0.465 e. The van der Waals surface area contributed by atoms with Gasteiger partial charge in [-0.15, -0.1) is 0 Å². The van der Waals surface area contributed by atoms with Crippen molar-refractivity contribution in [2.45, 2.75) is 38.9 Å². The van der Waals surface area contributed by atoms with Gasteiger partial charge in [-0.3, -0.25) is 9.69 Å². The van der Waals surface area contributed by atoms with E-state index in [9.17, 15) is 9.59 Å². The molecule has 0 radical (unpaired) electrons. The second-order valence-corrected chi connectivity index (χ2v) is 8.76. The quantitative estimate of drug-likeness (QED) is 0.468. The zero-order valence-corrected chi connectivity index (χ0v) is 20.2. The van der Waals surface area contributed by atoms with E-state index in [1.165, 1.54) is 7.11 Å². The minimum absolute atomic E-state index is 0.134. The first-order chi connectivity index (χ1) is 16.0. The van der Waals surface area contributed by atoms with Crippen molar-refractivity contribution in [2.24, 2.45) is 0 Å². The maximum absolute atomic E-state index is 12.3. The molecule has 0 N–H and O–H groups in total. The van der Waals surface area contributed by atoms with Crippen LogP contribution >= 0.6 is 11.6 Å². The van der Waals surface area contributed by atoms with Crippen LogP contribution in [0, 0.1) is 0 Å². The van der Waals surface area contributed by atoms with Crippen LogP contribution < -0.4 is 0 Å². The number of rotatable bonds is 10. The SMILES string of the molecule is CCCCC(=O)N1CCN(C[C@@H](OCc2ccc(C(=O)OC)cc2)c2ccc(Cl)cc2)CC1. The molecule has 33 heavy (non-hydrogen) atoms. The van der Waals surface area contributed by atoms with Gasteiger partial charge in [0.1, 0.15) is 0 Å². The molecule has 1 heterocycles. The number of carbonyl (C=O) groups is 2. The third kappa shape index (κ3) is 7.56. The van der Waals surface area contributed by atoms with Crippen LogP contribution in [0.5, 0.6) is 0 Å². The number of halogens is 1. The lowest BCUT2D eigenvalue weighted by molar-refractivity contribution is -0.133. The summed E-state index contributed by atoms with van der Waals surface area (Å²) < 4.78 is 11.1.